The lowest BCUT2D eigenvalue weighted by Gasteiger charge is -2.06. The molecule has 0 saturated heterocycles. The summed E-state index contributed by atoms with van der Waals surface area (Å²) in [5.41, 5.74) is 2.70. The van der Waals surface area contributed by atoms with Crippen LogP contribution in [0.15, 0.2) is 24.3 Å². The van der Waals surface area contributed by atoms with E-state index < -0.39 is 0 Å². The maximum absolute atomic E-state index is 3.49. The fraction of sp³-hybridized carbons (Fsp3) is 0.250. The van der Waals surface area contributed by atoms with E-state index in [2.05, 4.69) is 78.7 Å². The third-order valence-electron chi connectivity index (χ3n) is 1.43. The number of halogens is 3. The van der Waals surface area contributed by atoms with Gasteiger partial charge in [0, 0.05) is 4.43 Å². The van der Waals surface area contributed by atoms with Crippen LogP contribution in [0, 0.1) is 0 Å². The lowest BCUT2D eigenvalue weighted by Crippen LogP contribution is -1.87. The Morgan fingerprint density at radius 3 is 2.36 bits per heavy atom. The van der Waals surface area contributed by atoms with Gasteiger partial charge in [0.05, 0.1) is 3.74 Å². The van der Waals surface area contributed by atoms with Crippen LogP contribution >= 0.6 is 54.5 Å². The molecular formula is C8H7Br2I. The van der Waals surface area contributed by atoms with Gasteiger partial charge in [0.15, 0.2) is 0 Å². The fourth-order valence-electron chi connectivity index (χ4n) is 0.869. The van der Waals surface area contributed by atoms with E-state index in [1.54, 1.807) is 0 Å². The van der Waals surface area contributed by atoms with Crippen molar-refractivity contribution in [3.63, 3.8) is 0 Å². The summed E-state index contributed by atoms with van der Waals surface area (Å²) >= 11 is 9.35. The van der Waals surface area contributed by atoms with Gasteiger partial charge >= 0.3 is 0 Å². The topological polar surface area (TPSA) is 0 Å². The lowest BCUT2D eigenvalue weighted by molar-refractivity contribution is 1.30. The van der Waals surface area contributed by atoms with Crippen molar-refractivity contribution in [3.05, 3.63) is 35.4 Å². The summed E-state index contributed by atoms with van der Waals surface area (Å²) in [4.78, 5) is 0. The number of rotatable bonds is 2. The highest BCUT2D eigenvalue weighted by atomic mass is 127. The van der Waals surface area contributed by atoms with Gasteiger partial charge in [0.1, 0.15) is 0 Å². The highest BCUT2D eigenvalue weighted by molar-refractivity contribution is 14.1. The van der Waals surface area contributed by atoms with Crippen LogP contribution in [0.25, 0.3) is 0 Å². The molecule has 0 saturated carbocycles. The molecule has 0 aliphatic carbocycles. The van der Waals surface area contributed by atoms with Gasteiger partial charge in [-0.2, -0.15) is 0 Å². The number of hydrogen-bond donors (Lipinski definition) is 0. The first-order valence-corrected chi connectivity index (χ1v) is 6.53. The van der Waals surface area contributed by atoms with Crippen molar-refractivity contribution in [1.29, 1.82) is 0 Å². The van der Waals surface area contributed by atoms with Crippen LogP contribution in [0.5, 0.6) is 0 Å². The molecule has 0 unspecified atom stereocenters. The van der Waals surface area contributed by atoms with E-state index in [1.165, 1.54) is 11.1 Å². The smallest absolute Gasteiger partial charge is 0.0812 e. The second kappa shape index (κ2) is 4.82. The lowest BCUT2D eigenvalue weighted by atomic mass is 10.1. The van der Waals surface area contributed by atoms with Crippen LogP contribution in [-0.4, -0.2) is 0 Å². The average molecular weight is 390 g/mol. The van der Waals surface area contributed by atoms with Gasteiger partial charge in [0.25, 0.3) is 0 Å². The number of benzene rings is 1. The van der Waals surface area contributed by atoms with Crippen LogP contribution in [0.4, 0.5) is 0 Å². The van der Waals surface area contributed by atoms with Gasteiger partial charge in [-0.25, -0.2) is 0 Å². The second-order valence-corrected chi connectivity index (χ2v) is 5.96. The van der Waals surface area contributed by atoms with Crippen LogP contribution in [0.2, 0.25) is 0 Å². The first-order valence-electron chi connectivity index (χ1n) is 3.17. The summed E-state index contributed by atoms with van der Waals surface area (Å²) in [5, 5.41) is 0. The molecule has 0 bridgehead atoms. The third kappa shape index (κ3) is 2.70. The fourth-order valence-corrected chi connectivity index (χ4v) is 2.46. The Balaban J connectivity index is 3.02. The zero-order valence-corrected chi connectivity index (χ0v) is 11.1. The summed E-state index contributed by atoms with van der Waals surface area (Å²) < 4.78 is 1.34. The minimum absolute atomic E-state index is 0.279. The van der Waals surface area contributed by atoms with Gasteiger partial charge in [-0.15, -0.1) is 0 Å². The molecule has 0 aliphatic heterocycles. The van der Waals surface area contributed by atoms with Crippen molar-refractivity contribution in [1.82, 2.24) is 0 Å². The molecule has 0 heterocycles. The Labute approximate surface area is 97.2 Å². The minimum Gasteiger partial charge on any atom is -0.0812 e. The highest BCUT2D eigenvalue weighted by Gasteiger charge is 2.05. The SMILES string of the molecule is BrC(Br)c1ccccc1CI. The molecule has 3 heteroatoms. The molecule has 0 spiro atoms. The van der Waals surface area contributed by atoms with Crippen molar-refractivity contribution in [3.8, 4) is 0 Å². The molecule has 0 aliphatic rings. The Hall–Kier alpha value is 0.910. The maximum atomic E-state index is 3.49. The molecule has 0 amide bonds. The van der Waals surface area contributed by atoms with Gasteiger partial charge in [-0.3, -0.25) is 0 Å². The molecule has 60 valence electrons. The molecule has 0 N–H and O–H groups in total. The van der Waals surface area contributed by atoms with Crippen LogP contribution in [0.1, 0.15) is 14.9 Å². The molecule has 0 fully saturated rings. The monoisotopic (exact) mass is 388 g/mol. The van der Waals surface area contributed by atoms with E-state index in [0.29, 0.717) is 0 Å². The van der Waals surface area contributed by atoms with Gasteiger partial charge in [-0.05, 0) is 11.1 Å². The Bertz CT molecular complexity index is 235. The third-order valence-corrected chi connectivity index (χ3v) is 3.24. The van der Waals surface area contributed by atoms with Gasteiger partial charge in [0.2, 0.25) is 0 Å². The summed E-state index contributed by atoms with van der Waals surface area (Å²) in [7, 11) is 0. The standard InChI is InChI=1S/C8H7Br2I/c9-8(10)7-4-2-1-3-6(7)5-11/h1-4,8H,5H2. The maximum Gasteiger partial charge on any atom is 0.0949 e. The summed E-state index contributed by atoms with van der Waals surface area (Å²) in [5.74, 6) is 0. The molecule has 0 atom stereocenters. The average Bonchev–Trinajstić information content (AvgIpc) is 2.04. The van der Waals surface area contributed by atoms with E-state index >= 15 is 0 Å². The molecule has 0 radical (unpaired) electrons. The molecule has 1 aromatic rings. The second-order valence-electron chi connectivity index (χ2n) is 2.13. The van der Waals surface area contributed by atoms with E-state index in [-0.39, 0.29) is 3.74 Å². The van der Waals surface area contributed by atoms with Gasteiger partial charge < -0.3 is 0 Å². The predicted octanol–water partition coefficient (Wildman–Crippen LogP) is 4.41. The van der Waals surface area contributed by atoms with Crippen molar-refractivity contribution in [2.45, 2.75) is 8.16 Å². The van der Waals surface area contributed by atoms with Crippen molar-refractivity contribution < 1.29 is 0 Å². The molecule has 1 aromatic carbocycles. The van der Waals surface area contributed by atoms with E-state index in [4.69, 9.17) is 0 Å². The normalized spacial score (nSPS) is 10.5. The van der Waals surface area contributed by atoms with Crippen LogP contribution in [0.3, 0.4) is 0 Å². The Morgan fingerprint density at radius 2 is 1.91 bits per heavy atom. The summed E-state index contributed by atoms with van der Waals surface area (Å²) in [6.07, 6.45) is 0. The zero-order valence-electron chi connectivity index (χ0n) is 5.73. The van der Waals surface area contributed by atoms with Crippen molar-refractivity contribution >= 4 is 54.5 Å². The van der Waals surface area contributed by atoms with E-state index in [1.807, 2.05) is 0 Å². The molecule has 0 aromatic heterocycles. The van der Waals surface area contributed by atoms with Crippen LogP contribution < -0.4 is 0 Å². The Kier molecular flexibility index (Phi) is 4.38. The van der Waals surface area contributed by atoms with E-state index in [0.717, 1.165) is 4.43 Å². The quantitative estimate of drug-likeness (QED) is 0.519. The number of hydrogen-bond acceptors (Lipinski definition) is 0. The molecule has 0 nitrogen and oxygen atoms in total. The minimum atomic E-state index is 0.279. The molecular weight excluding hydrogens is 383 g/mol. The Morgan fingerprint density at radius 1 is 1.27 bits per heavy atom. The zero-order chi connectivity index (χ0) is 8.27. The first-order chi connectivity index (χ1) is 5.25. The van der Waals surface area contributed by atoms with E-state index in [9.17, 15) is 0 Å². The van der Waals surface area contributed by atoms with Crippen molar-refractivity contribution in [2.75, 3.05) is 0 Å². The largest absolute Gasteiger partial charge is 0.0949 e. The van der Waals surface area contributed by atoms with Crippen molar-refractivity contribution in [2.24, 2.45) is 0 Å². The summed E-state index contributed by atoms with van der Waals surface area (Å²) in [6, 6.07) is 8.40. The van der Waals surface area contributed by atoms with Gasteiger partial charge in [-0.1, -0.05) is 78.7 Å². The first kappa shape index (κ1) is 9.99. The summed E-state index contributed by atoms with van der Waals surface area (Å²) in [6.45, 7) is 0. The predicted molar refractivity (Wildman–Crippen MR) is 64.8 cm³/mol. The molecule has 1 rings (SSSR count). The molecule has 11 heavy (non-hydrogen) atoms. The highest BCUT2D eigenvalue weighted by Crippen LogP contribution is 2.32. The number of alkyl halides is 3. The van der Waals surface area contributed by atoms with Crippen LogP contribution in [-0.2, 0) is 4.43 Å².